The molecular formula is C18H20ClN3O2S. The molecule has 2 aromatic rings. The minimum Gasteiger partial charge on any atom is -0.396 e. The van der Waals surface area contributed by atoms with Gasteiger partial charge in [0, 0.05) is 10.6 Å². The number of hydrogen-bond donors (Lipinski definition) is 1. The lowest BCUT2D eigenvalue weighted by Crippen LogP contribution is -2.26. The molecule has 1 aromatic heterocycles. The summed E-state index contributed by atoms with van der Waals surface area (Å²) in [6, 6.07) is 6.77. The molecule has 1 aliphatic rings. The molecule has 0 spiro atoms. The van der Waals surface area contributed by atoms with Crippen LogP contribution in [0.15, 0.2) is 29.4 Å². The maximum Gasteiger partial charge on any atom is 0.257 e. The third-order valence-corrected chi connectivity index (χ3v) is 5.20. The summed E-state index contributed by atoms with van der Waals surface area (Å²) in [7, 11) is 0. The second-order valence-corrected chi connectivity index (χ2v) is 8.16. The van der Waals surface area contributed by atoms with E-state index in [2.05, 4.69) is 29.3 Å². The molecule has 0 bridgehead atoms. The summed E-state index contributed by atoms with van der Waals surface area (Å²) < 4.78 is 0. The van der Waals surface area contributed by atoms with Crippen molar-refractivity contribution in [1.82, 2.24) is 4.98 Å². The summed E-state index contributed by atoms with van der Waals surface area (Å²) in [5.41, 5.74) is 2.47. The summed E-state index contributed by atoms with van der Waals surface area (Å²) >= 11 is 7.30. The second kappa shape index (κ2) is 7.14. The first-order valence-corrected chi connectivity index (χ1v) is 9.33. The predicted molar refractivity (Wildman–Crippen MR) is 102 cm³/mol. The maximum absolute atomic E-state index is 12.4. The SMILES string of the molecule is CCON=C1CC(C)(C)Cc2nc(NC(=O)c3ccc(Cl)cc3)sc21. The van der Waals surface area contributed by atoms with Gasteiger partial charge < -0.3 is 4.84 Å². The molecule has 1 amide bonds. The fraction of sp³-hybridized carbons (Fsp3) is 0.389. The Labute approximate surface area is 156 Å². The number of carbonyl (C=O) groups excluding carboxylic acids is 1. The molecule has 5 nitrogen and oxygen atoms in total. The van der Waals surface area contributed by atoms with Crippen molar-refractivity contribution in [2.75, 3.05) is 11.9 Å². The van der Waals surface area contributed by atoms with Gasteiger partial charge in [-0.05, 0) is 49.4 Å². The molecule has 1 aromatic carbocycles. The smallest absolute Gasteiger partial charge is 0.257 e. The van der Waals surface area contributed by atoms with Gasteiger partial charge in [-0.1, -0.05) is 41.9 Å². The molecule has 1 N–H and O–H groups in total. The van der Waals surface area contributed by atoms with Crippen molar-refractivity contribution in [3.63, 3.8) is 0 Å². The number of oxime groups is 1. The third kappa shape index (κ3) is 4.19. The summed E-state index contributed by atoms with van der Waals surface area (Å²) in [5, 5.41) is 8.30. The van der Waals surface area contributed by atoms with Crippen LogP contribution in [0, 0.1) is 5.41 Å². The molecule has 25 heavy (non-hydrogen) atoms. The molecule has 0 radical (unpaired) electrons. The van der Waals surface area contributed by atoms with Crippen LogP contribution in [0.25, 0.3) is 0 Å². The average Bonchev–Trinajstić information content (AvgIpc) is 2.94. The van der Waals surface area contributed by atoms with E-state index in [9.17, 15) is 4.79 Å². The number of rotatable bonds is 4. The van der Waals surface area contributed by atoms with Gasteiger partial charge in [-0.15, -0.1) is 0 Å². The topological polar surface area (TPSA) is 63.6 Å². The molecule has 1 heterocycles. The van der Waals surface area contributed by atoms with Gasteiger partial charge in [-0.25, -0.2) is 4.98 Å². The molecule has 132 valence electrons. The zero-order valence-electron chi connectivity index (χ0n) is 14.4. The Balaban J connectivity index is 1.84. The van der Waals surface area contributed by atoms with Gasteiger partial charge in [0.15, 0.2) is 5.13 Å². The van der Waals surface area contributed by atoms with Crippen molar-refractivity contribution in [1.29, 1.82) is 0 Å². The lowest BCUT2D eigenvalue weighted by molar-refractivity contribution is 0.102. The van der Waals surface area contributed by atoms with Crippen LogP contribution in [-0.2, 0) is 11.3 Å². The zero-order chi connectivity index (χ0) is 18.0. The lowest BCUT2D eigenvalue weighted by Gasteiger charge is -2.28. The number of hydrogen-bond acceptors (Lipinski definition) is 5. The van der Waals surface area contributed by atoms with Crippen molar-refractivity contribution in [2.45, 2.75) is 33.6 Å². The summed E-state index contributed by atoms with van der Waals surface area (Å²) in [6.45, 7) is 6.80. The number of amides is 1. The molecule has 7 heteroatoms. The van der Waals surface area contributed by atoms with Crippen molar-refractivity contribution in [3.05, 3.63) is 45.4 Å². The highest BCUT2D eigenvalue weighted by molar-refractivity contribution is 7.18. The number of carbonyl (C=O) groups is 1. The first-order valence-electron chi connectivity index (χ1n) is 8.14. The summed E-state index contributed by atoms with van der Waals surface area (Å²) in [6.07, 6.45) is 1.67. The third-order valence-electron chi connectivity index (χ3n) is 3.88. The van der Waals surface area contributed by atoms with Gasteiger partial charge in [-0.3, -0.25) is 10.1 Å². The van der Waals surface area contributed by atoms with E-state index < -0.39 is 0 Å². The zero-order valence-corrected chi connectivity index (χ0v) is 16.0. The van der Waals surface area contributed by atoms with Crippen molar-refractivity contribution in [3.8, 4) is 0 Å². The standard InChI is InChI=1S/C18H20ClN3O2S/c1-4-24-22-14-10-18(2,3)9-13-15(14)25-17(20-13)21-16(23)11-5-7-12(19)8-6-11/h5-8H,4,9-10H2,1-3H3,(H,20,21,23). The normalized spacial score (nSPS) is 17.2. The molecule has 0 aliphatic heterocycles. The van der Waals surface area contributed by atoms with Crippen LogP contribution in [0.5, 0.6) is 0 Å². The largest absolute Gasteiger partial charge is 0.396 e. The maximum atomic E-state index is 12.4. The molecule has 0 unspecified atom stereocenters. The Morgan fingerprint density at radius 1 is 1.36 bits per heavy atom. The van der Waals surface area contributed by atoms with E-state index in [4.69, 9.17) is 16.4 Å². The van der Waals surface area contributed by atoms with E-state index in [1.807, 2.05) is 6.92 Å². The highest BCUT2D eigenvalue weighted by Gasteiger charge is 2.33. The fourth-order valence-electron chi connectivity index (χ4n) is 2.79. The van der Waals surface area contributed by atoms with Crippen molar-refractivity contribution >= 4 is 39.7 Å². The minimum absolute atomic E-state index is 0.0640. The lowest BCUT2D eigenvalue weighted by atomic mass is 9.78. The number of nitrogens with zero attached hydrogens (tertiary/aromatic N) is 2. The first kappa shape index (κ1) is 17.9. The Bertz CT molecular complexity index is 812. The number of nitrogens with one attached hydrogen (secondary N) is 1. The van der Waals surface area contributed by atoms with Crippen LogP contribution < -0.4 is 5.32 Å². The molecule has 1 aliphatic carbocycles. The van der Waals surface area contributed by atoms with Gasteiger partial charge in [0.25, 0.3) is 5.91 Å². The van der Waals surface area contributed by atoms with Crippen LogP contribution in [0.3, 0.4) is 0 Å². The van der Waals surface area contributed by atoms with Crippen LogP contribution in [0.4, 0.5) is 5.13 Å². The Morgan fingerprint density at radius 3 is 2.76 bits per heavy atom. The molecule has 0 atom stereocenters. The molecule has 0 saturated carbocycles. The second-order valence-electron chi connectivity index (χ2n) is 6.73. The molecule has 0 fully saturated rings. The van der Waals surface area contributed by atoms with E-state index in [1.54, 1.807) is 24.3 Å². The van der Waals surface area contributed by atoms with Crippen LogP contribution in [0.1, 0.15) is 48.1 Å². The Morgan fingerprint density at radius 2 is 2.08 bits per heavy atom. The first-order chi connectivity index (χ1) is 11.9. The highest BCUT2D eigenvalue weighted by Crippen LogP contribution is 2.39. The van der Waals surface area contributed by atoms with Gasteiger partial charge in [-0.2, -0.15) is 0 Å². The predicted octanol–water partition coefficient (Wildman–Crippen LogP) is 4.76. The quantitative estimate of drug-likeness (QED) is 0.781. The number of fused-ring (bicyclic) bond motifs is 1. The molecule has 3 rings (SSSR count). The van der Waals surface area contributed by atoms with Crippen molar-refractivity contribution in [2.24, 2.45) is 10.6 Å². The van der Waals surface area contributed by atoms with Crippen LogP contribution >= 0.6 is 22.9 Å². The highest BCUT2D eigenvalue weighted by atomic mass is 35.5. The molecular weight excluding hydrogens is 358 g/mol. The fourth-order valence-corrected chi connectivity index (χ4v) is 3.87. The van der Waals surface area contributed by atoms with Gasteiger partial charge >= 0.3 is 0 Å². The monoisotopic (exact) mass is 377 g/mol. The summed E-state index contributed by atoms with van der Waals surface area (Å²) in [4.78, 5) is 23.2. The summed E-state index contributed by atoms with van der Waals surface area (Å²) in [5.74, 6) is -0.203. The van der Waals surface area contributed by atoms with E-state index in [-0.39, 0.29) is 11.3 Å². The Kier molecular flexibility index (Phi) is 5.11. The number of thiazole rings is 1. The number of anilines is 1. The number of benzene rings is 1. The van der Waals surface area contributed by atoms with E-state index in [0.717, 1.165) is 29.1 Å². The number of halogens is 1. The van der Waals surface area contributed by atoms with Crippen molar-refractivity contribution < 1.29 is 9.63 Å². The van der Waals surface area contributed by atoms with Crippen LogP contribution in [-0.4, -0.2) is 23.2 Å². The van der Waals surface area contributed by atoms with Gasteiger partial charge in [0.05, 0.1) is 16.3 Å². The average molecular weight is 378 g/mol. The Hall–Kier alpha value is -1.92. The van der Waals surface area contributed by atoms with E-state index in [1.165, 1.54) is 11.3 Å². The van der Waals surface area contributed by atoms with E-state index in [0.29, 0.717) is 22.3 Å². The van der Waals surface area contributed by atoms with Gasteiger partial charge in [0.1, 0.15) is 6.61 Å². The molecule has 0 saturated heterocycles. The van der Waals surface area contributed by atoms with E-state index >= 15 is 0 Å². The van der Waals surface area contributed by atoms with Gasteiger partial charge in [0.2, 0.25) is 0 Å². The minimum atomic E-state index is -0.203. The number of aromatic nitrogens is 1. The van der Waals surface area contributed by atoms with Crippen LogP contribution in [0.2, 0.25) is 5.02 Å².